The van der Waals surface area contributed by atoms with Gasteiger partial charge in [-0.25, -0.2) is 9.97 Å². The van der Waals surface area contributed by atoms with Crippen LogP contribution in [0.2, 0.25) is 0 Å². The Balaban J connectivity index is 1.32. The minimum Gasteiger partial charge on any atom is -0.491 e. The quantitative estimate of drug-likeness (QED) is 0.690. The van der Waals surface area contributed by atoms with Gasteiger partial charge in [0.15, 0.2) is 5.82 Å². The molecule has 4 rings (SSSR count). The third kappa shape index (κ3) is 5.14. The van der Waals surface area contributed by atoms with Gasteiger partial charge in [-0.1, -0.05) is 6.07 Å². The molecule has 0 radical (unpaired) electrons. The van der Waals surface area contributed by atoms with E-state index in [2.05, 4.69) is 20.3 Å². The minimum atomic E-state index is -0.276. The van der Waals surface area contributed by atoms with Crippen molar-refractivity contribution in [2.24, 2.45) is 0 Å². The number of benzene rings is 1. The van der Waals surface area contributed by atoms with Crippen LogP contribution >= 0.6 is 0 Å². The van der Waals surface area contributed by atoms with Gasteiger partial charge >= 0.3 is 0 Å². The van der Waals surface area contributed by atoms with E-state index in [0.29, 0.717) is 29.4 Å². The Morgan fingerprint density at radius 2 is 1.90 bits per heavy atom. The average molecular weight is 390 g/mol. The largest absolute Gasteiger partial charge is 0.491 e. The SMILES string of the molecule is O=C(Nc1ccc(OCC2CCCCO2)cc1)c1cnc(-c2ccccn2)nc1. The summed E-state index contributed by atoms with van der Waals surface area (Å²) in [6.07, 6.45) is 8.18. The molecule has 7 nitrogen and oxygen atoms in total. The van der Waals surface area contributed by atoms with Crippen molar-refractivity contribution < 1.29 is 14.3 Å². The van der Waals surface area contributed by atoms with Crippen LogP contribution in [0.4, 0.5) is 5.69 Å². The molecule has 1 aliphatic rings. The number of carbonyl (C=O) groups is 1. The predicted molar refractivity (Wildman–Crippen MR) is 109 cm³/mol. The summed E-state index contributed by atoms with van der Waals surface area (Å²) in [4.78, 5) is 25.1. The van der Waals surface area contributed by atoms with Gasteiger partial charge < -0.3 is 14.8 Å². The van der Waals surface area contributed by atoms with Crippen LogP contribution in [0.25, 0.3) is 11.5 Å². The lowest BCUT2D eigenvalue weighted by atomic mass is 10.1. The minimum absolute atomic E-state index is 0.164. The lowest BCUT2D eigenvalue weighted by Gasteiger charge is -2.22. The van der Waals surface area contributed by atoms with Crippen molar-refractivity contribution in [1.82, 2.24) is 15.0 Å². The summed E-state index contributed by atoms with van der Waals surface area (Å²) >= 11 is 0. The van der Waals surface area contributed by atoms with Crippen molar-refractivity contribution in [3.05, 3.63) is 66.6 Å². The molecule has 1 amide bonds. The van der Waals surface area contributed by atoms with E-state index in [0.717, 1.165) is 25.2 Å². The molecule has 0 spiro atoms. The van der Waals surface area contributed by atoms with Crippen LogP contribution in [0.15, 0.2) is 61.1 Å². The molecule has 3 heterocycles. The first-order valence-electron chi connectivity index (χ1n) is 9.67. The van der Waals surface area contributed by atoms with Crippen LogP contribution in [-0.2, 0) is 4.74 Å². The first-order chi connectivity index (χ1) is 14.3. The van der Waals surface area contributed by atoms with Crippen LogP contribution in [0, 0.1) is 0 Å². The Kier molecular flexibility index (Phi) is 6.07. The van der Waals surface area contributed by atoms with Gasteiger partial charge in [0, 0.05) is 30.9 Å². The van der Waals surface area contributed by atoms with E-state index in [-0.39, 0.29) is 12.0 Å². The molecule has 1 fully saturated rings. The highest BCUT2D eigenvalue weighted by atomic mass is 16.5. The summed E-state index contributed by atoms with van der Waals surface area (Å²) in [5, 5.41) is 2.84. The zero-order valence-electron chi connectivity index (χ0n) is 16.0. The second kappa shape index (κ2) is 9.25. The zero-order valence-corrected chi connectivity index (χ0v) is 16.0. The second-order valence-corrected chi connectivity index (χ2v) is 6.79. The molecule has 3 aromatic rings. The number of nitrogens with one attached hydrogen (secondary N) is 1. The summed E-state index contributed by atoms with van der Waals surface area (Å²) < 4.78 is 11.4. The normalized spacial score (nSPS) is 16.2. The van der Waals surface area contributed by atoms with Crippen molar-refractivity contribution >= 4 is 11.6 Å². The topological polar surface area (TPSA) is 86.2 Å². The fourth-order valence-electron chi connectivity index (χ4n) is 3.04. The maximum absolute atomic E-state index is 12.4. The standard InChI is InChI=1S/C22H22N4O3/c27-22(16-13-24-21(25-14-16)20-6-1-3-11-23-20)26-17-7-9-18(10-8-17)29-15-19-5-2-4-12-28-19/h1,3,6-11,13-14,19H,2,4-5,12,15H2,(H,26,27). The molecule has 148 valence electrons. The number of hydrogen-bond acceptors (Lipinski definition) is 6. The molecule has 29 heavy (non-hydrogen) atoms. The monoisotopic (exact) mass is 390 g/mol. The van der Waals surface area contributed by atoms with Gasteiger partial charge in [0.1, 0.15) is 18.1 Å². The number of nitrogens with zero attached hydrogens (tertiary/aromatic N) is 3. The van der Waals surface area contributed by atoms with E-state index in [1.807, 2.05) is 30.3 Å². The van der Waals surface area contributed by atoms with Crippen LogP contribution in [0.5, 0.6) is 5.75 Å². The number of hydrogen-bond donors (Lipinski definition) is 1. The Morgan fingerprint density at radius 1 is 1.07 bits per heavy atom. The molecule has 1 aromatic carbocycles. The van der Waals surface area contributed by atoms with Gasteiger partial charge in [-0.15, -0.1) is 0 Å². The van der Waals surface area contributed by atoms with Gasteiger partial charge in [0.2, 0.25) is 0 Å². The Hall–Kier alpha value is -3.32. The van der Waals surface area contributed by atoms with E-state index in [4.69, 9.17) is 9.47 Å². The van der Waals surface area contributed by atoms with Crippen molar-refractivity contribution in [3.63, 3.8) is 0 Å². The van der Waals surface area contributed by atoms with Gasteiger partial charge in [-0.2, -0.15) is 0 Å². The highest BCUT2D eigenvalue weighted by molar-refractivity contribution is 6.03. The number of anilines is 1. The number of carbonyl (C=O) groups excluding carboxylic acids is 1. The van der Waals surface area contributed by atoms with E-state index in [1.54, 1.807) is 18.3 Å². The second-order valence-electron chi connectivity index (χ2n) is 6.79. The van der Waals surface area contributed by atoms with Crippen molar-refractivity contribution in [1.29, 1.82) is 0 Å². The first kappa shape index (κ1) is 19.0. The number of rotatable bonds is 6. The van der Waals surface area contributed by atoms with E-state index < -0.39 is 0 Å². The summed E-state index contributed by atoms with van der Waals surface area (Å²) in [5.41, 5.74) is 1.71. The van der Waals surface area contributed by atoms with E-state index in [1.165, 1.54) is 18.8 Å². The summed E-state index contributed by atoms with van der Waals surface area (Å²) in [6, 6.07) is 12.8. The van der Waals surface area contributed by atoms with Crippen molar-refractivity contribution in [3.8, 4) is 17.3 Å². The van der Waals surface area contributed by atoms with Gasteiger partial charge in [-0.3, -0.25) is 9.78 Å². The Bertz CT molecular complexity index is 925. The highest BCUT2D eigenvalue weighted by Crippen LogP contribution is 2.19. The third-order valence-electron chi connectivity index (χ3n) is 4.63. The summed E-state index contributed by atoms with van der Waals surface area (Å²) in [5.74, 6) is 0.952. The maximum Gasteiger partial charge on any atom is 0.258 e. The zero-order chi connectivity index (χ0) is 19.9. The third-order valence-corrected chi connectivity index (χ3v) is 4.63. The fraction of sp³-hybridized carbons (Fsp3) is 0.273. The summed E-state index contributed by atoms with van der Waals surface area (Å²) in [7, 11) is 0. The molecule has 1 unspecified atom stereocenters. The van der Waals surface area contributed by atoms with Gasteiger partial charge in [0.25, 0.3) is 5.91 Å². The molecule has 2 aromatic heterocycles. The average Bonchev–Trinajstić information content (AvgIpc) is 2.80. The number of amides is 1. The molecule has 1 saturated heterocycles. The smallest absolute Gasteiger partial charge is 0.258 e. The van der Waals surface area contributed by atoms with Crippen molar-refractivity contribution in [2.75, 3.05) is 18.5 Å². The molecule has 0 aliphatic carbocycles. The lowest BCUT2D eigenvalue weighted by molar-refractivity contribution is -0.0110. The highest BCUT2D eigenvalue weighted by Gasteiger charge is 2.14. The molecular weight excluding hydrogens is 368 g/mol. The van der Waals surface area contributed by atoms with Crippen molar-refractivity contribution in [2.45, 2.75) is 25.4 Å². The molecular formula is C22H22N4O3. The first-order valence-corrected chi connectivity index (χ1v) is 9.67. The molecule has 7 heteroatoms. The summed E-state index contributed by atoms with van der Waals surface area (Å²) in [6.45, 7) is 1.36. The predicted octanol–water partition coefficient (Wildman–Crippen LogP) is 3.74. The molecule has 1 atom stereocenters. The van der Waals surface area contributed by atoms with Crippen LogP contribution < -0.4 is 10.1 Å². The van der Waals surface area contributed by atoms with Gasteiger partial charge in [0.05, 0.1) is 11.7 Å². The number of pyridine rings is 1. The fourth-order valence-corrected chi connectivity index (χ4v) is 3.04. The van der Waals surface area contributed by atoms with Gasteiger partial charge in [-0.05, 0) is 55.7 Å². The van der Waals surface area contributed by atoms with E-state index in [9.17, 15) is 4.79 Å². The molecule has 1 N–H and O–H groups in total. The van der Waals surface area contributed by atoms with Crippen LogP contribution in [0.1, 0.15) is 29.6 Å². The Labute approximate surface area is 169 Å². The number of ether oxygens (including phenoxy) is 2. The maximum atomic E-state index is 12.4. The Morgan fingerprint density at radius 3 is 2.59 bits per heavy atom. The molecule has 1 aliphatic heterocycles. The van der Waals surface area contributed by atoms with E-state index >= 15 is 0 Å². The number of aromatic nitrogens is 3. The molecule has 0 bridgehead atoms. The molecule has 0 saturated carbocycles. The van der Waals surface area contributed by atoms with Crippen LogP contribution in [-0.4, -0.2) is 40.2 Å². The van der Waals surface area contributed by atoms with Crippen LogP contribution in [0.3, 0.4) is 0 Å². The lowest BCUT2D eigenvalue weighted by Crippen LogP contribution is -2.25.